The standard InChI is InChI=1S/C14H18ClNO4S/c1-10-9-12(15)3-4-13(10)21(18,19)16-7-5-11(6-8-16)14(17)20-2/h3-4,9,11H,5-8H2,1-2H3. The molecular formula is C14H18ClNO4S. The van der Waals surface area contributed by atoms with Crippen LogP contribution in [0, 0.1) is 12.8 Å². The van der Waals surface area contributed by atoms with Crippen LogP contribution in [0.25, 0.3) is 0 Å². The van der Waals surface area contributed by atoms with Crippen molar-refractivity contribution in [2.75, 3.05) is 20.2 Å². The van der Waals surface area contributed by atoms with Gasteiger partial charge in [-0.05, 0) is 43.5 Å². The fraction of sp³-hybridized carbons (Fsp3) is 0.500. The number of carbonyl (C=O) groups excluding carboxylic acids is 1. The average Bonchev–Trinajstić information content (AvgIpc) is 2.46. The molecule has 7 heteroatoms. The van der Waals surface area contributed by atoms with Gasteiger partial charge in [0, 0.05) is 18.1 Å². The lowest BCUT2D eigenvalue weighted by molar-refractivity contribution is -0.146. The Hall–Kier alpha value is -1.11. The van der Waals surface area contributed by atoms with Crippen molar-refractivity contribution in [3.63, 3.8) is 0 Å². The number of hydrogen-bond acceptors (Lipinski definition) is 4. The SMILES string of the molecule is COC(=O)C1CCN(S(=O)(=O)c2ccc(Cl)cc2C)CC1. The highest BCUT2D eigenvalue weighted by molar-refractivity contribution is 7.89. The lowest BCUT2D eigenvalue weighted by atomic mass is 9.99. The highest BCUT2D eigenvalue weighted by Gasteiger charge is 2.33. The van der Waals surface area contributed by atoms with Crippen LogP contribution in [0.2, 0.25) is 5.02 Å². The molecule has 0 aromatic heterocycles. The molecule has 2 rings (SSSR count). The van der Waals surface area contributed by atoms with Gasteiger partial charge < -0.3 is 4.74 Å². The number of piperidine rings is 1. The topological polar surface area (TPSA) is 63.7 Å². The molecular weight excluding hydrogens is 314 g/mol. The van der Waals surface area contributed by atoms with Crippen LogP contribution in [0.1, 0.15) is 18.4 Å². The second kappa shape index (κ2) is 6.34. The average molecular weight is 332 g/mol. The Morgan fingerprint density at radius 1 is 1.33 bits per heavy atom. The molecule has 1 heterocycles. The molecule has 5 nitrogen and oxygen atoms in total. The van der Waals surface area contributed by atoms with Gasteiger partial charge in [-0.3, -0.25) is 4.79 Å². The van der Waals surface area contributed by atoms with Crippen LogP contribution in [0.5, 0.6) is 0 Å². The number of ether oxygens (including phenoxy) is 1. The van der Waals surface area contributed by atoms with Crippen LogP contribution in [0.3, 0.4) is 0 Å². The van der Waals surface area contributed by atoms with E-state index in [9.17, 15) is 13.2 Å². The van der Waals surface area contributed by atoms with Crippen LogP contribution in [0.4, 0.5) is 0 Å². The Balaban J connectivity index is 2.17. The minimum absolute atomic E-state index is 0.215. The predicted molar refractivity (Wildman–Crippen MR) is 79.7 cm³/mol. The molecule has 0 bridgehead atoms. The largest absolute Gasteiger partial charge is 0.469 e. The third-order valence-electron chi connectivity index (χ3n) is 3.74. The van der Waals surface area contributed by atoms with Crippen LogP contribution in [-0.4, -0.2) is 38.9 Å². The molecule has 1 aliphatic heterocycles. The highest BCUT2D eigenvalue weighted by Crippen LogP contribution is 2.27. The molecule has 0 aliphatic carbocycles. The maximum absolute atomic E-state index is 12.6. The summed E-state index contributed by atoms with van der Waals surface area (Å²) in [6.45, 7) is 2.37. The molecule has 1 aromatic carbocycles. The molecule has 1 saturated heterocycles. The van der Waals surface area contributed by atoms with E-state index in [-0.39, 0.29) is 16.8 Å². The Kier molecular flexibility index (Phi) is 4.91. The number of sulfonamides is 1. The van der Waals surface area contributed by atoms with Crippen molar-refractivity contribution in [2.45, 2.75) is 24.7 Å². The van der Waals surface area contributed by atoms with Crippen molar-refractivity contribution in [2.24, 2.45) is 5.92 Å². The number of hydrogen-bond donors (Lipinski definition) is 0. The van der Waals surface area contributed by atoms with E-state index in [1.807, 2.05) is 0 Å². The van der Waals surface area contributed by atoms with Crippen LogP contribution < -0.4 is 0 Å². The molecule has 0 saturated carbocycles. The molecule has 1 aliphatic rings. The number of esters is 1. The second-order valence-corrected chi connectivity index (χ2v) is 7.45. The van der Waals surface area contributed by atoms with E-state index in [1.54, 1.807) is 19.1 Å². The van der Waals surface area contributed by atoms with E-state index in [0.717, 1.165) is 0 Å². The lowest BCUT2D eigenvalue weighted by Gasteiger charge is -2.30. The molecule has 116 valence electrons. The lowest BCUT2D eigenvalue weighted by Crippen LogP contribution is -2.40. The zero-order valence-corrected chi connectivity index (χ0v) is 13.6. The van der Waals surface area contributed by atoms with Gasteiger partial charge in [-0.1, -0.05) is 11.6 Å². The molecule has 21 heavy (non-hydrogen) atoms. The van der Waals surface area contributed by atoms with Gasteiger partial charge in [-0.15, -0.1) is 0 Å². The maximum atomic E-state index is 12.6. The summed E-state index contributed by atoms with van der Waals surface area (Å²) in [6, 6.07) is 4.73. The third kappa shape index (κ3) is 3.39. The smallest absolute Gasteiger partial charge is 0.308 e. The van der Waals surface area contributed by atoms with E-state index in [1.165, 1.54) is 17.5 Å². The maximum Gasteiger partial charge on any atom is 0.308 e. The van der Waals surface area contributed by atoms with Crippen molar-refractivity contribution in [1.82, 2.24) is 4.31 Å². The van der Waals surface area contributed by atoms with E-state index >= 15 is 0 Å². The number of carbonyl (C=O) groups is 1. The van der Waals surface area contributed by atoms with E-state index in [0.29, 0.717) is 36.5 Å². The van der Waals surface area contributed by atoms with E-state index in [4.69, 9.17) is 16.3 Å². The van der Waals surface area contributed by atoms with Crippen molar-refractivity contribution >= 4 is 27.6 Å². The van der Waals surface area contributed by atoms with Gasteiger partial charge in [0.2, 0.25) is 10.0 Å². The van der Waals surface area contributed by atoms with Crippen LogP contribution in [-0.2, 0) is 19.6 Å². The zero-order chi connectivity index (χ0) is 15.6. The Morgan fingerprint density at radius 3 is 2.48 bits per heavy atom. The van der Waals surface area contributed by atoms with Crippen molar-refractivity contribution in [3.05, 3.63) is 28.8 Å². The Bertz CT molecular complexity index is 636. The number of halogens is 1. The molecule has 1 aromatic rings. The Morgan fingerprint density at radius 2 is 1.95 bits per heavy atom. The molecule has 0 atom stereocenters. The quantitative estimate of drug-likeness (QED) is 0.797. The summed E-state index contributed by atoms with van der Waals surface area (Å²) in [4.78, 5) is 11.7. The number of benzene rings is 1. The molecule has 0 spiro atoms. The normalized spacial score (nSPS) is 17.7. The van der Waals surface area contributed by atoms with Crippen LogP contribution in [0.15, 0.2) is 23.1 Å². The van der Waals surface area contributed by atoms with Crippen molar-refractivity contribution in [3.8, 4) is 0 Å². The summed E-state index contributed by atoms with van der Waals surface area (Å²) >= 11 is 5.86. The minimum Gasteiger partial charge on any atom is -0.469 e. The van der Waals surface area contributed by atoms with Gasteiger partial charge in [-0.2, -0.15) is 4.31 Å². The molecule has 1 fully saturated rings. The van der Waals surface area contributed by atoms with Crippen molar-refractivity contribution < 1.29 is 17.9 Å². The number of aryl methyl sites for hydroxylation is 1. The third-order valence-corrected chi connectivity index (χ3v) is 6.04. The summed E-state index contributed by atoms with van der Waals surface area (Å²) < 4.78 is 31.4. The molecule has 0 N–H and O–H groups in total. The molecule has 0 unspecified atom stereocenters. The first-order valence-corrected chi connectivity index (χ1v) is 8.52. The van der Waals surface area contributed by atoms with Gasteiger partial charge in [0.1, 0.15) is 0 Å². The summed E-state index contributed by atoms with van der Waals surface area (Å²) in [6.07, 6.45) is 0.969. The van der Waals surface area contributed by atoms with Gasteiger partial charge in [-0.25, -0.2) is 8.42 Å². The summed E-state index contributed by atoms with van der Waals surface area (Å²) in [5.74, 6) is -0.484. The monoisotopic (exact) mass is 331 g/mol. The van der Waals surface area contributed by atoms with Gasteiger partial charge >= 0.3 is 5.97 Å². The highest BCUT2D eigenvalue weighted by atomic mass is 35.5. The van der Waals surface area contributed by atoms with E-state index in [2.05, 4.69) is 0 Å². The molecule has 0 radical (unpaired) electrons. The minimum atomic E-state index is -3.54. The second-order valence-electron chi connectivity index (χ2n) is 5.11. The number of nitrogens with zero attached hydrogens (tertiary/aromatic N) is 1. The fourth-order valence-corrected chi connectivity index (χ4v) is 4.44. The van der Waals surface area contributed by atoms with Gasteiger partial charge in [0.15, 0.2) is 0 Å². The summed E-state index contributed by atoms with van der Waals surface area (Å²) in [5, 5.41) is 0.510. The number of methoxy groups -OCH3 is 1. The van der Waals surface area contributed by atoms with Gasteiger partial charge in [0.25, 0.3) is 0 Å². The summed E-state index contributed by atoms with van der Waals surface area (Å²) in [5.41, 5.74) is 0.623. The summed E-state index contributed by atoms with van der Waals surface area (Å²) in [7, 11) is -2.19. The molecule has 0 amide bonds. The zero-order valence-electron chi connectivity index (χ0n) is 12.0. The first kappa shape index (κ1) is 16.3. The van der Waals surface area contributed by atoms with Crippen LogP contribution >= 0.6 is 11.6 Å². The first-order chi connectivity index (χ1) is 9.86. The Labute approximate surface area is 129 Å². The first-order valence-electron chi connectivity index (χ1n) is 6.70. The van der Waals surface area contributed by atoms with Gasteiger partial charge in [0.05, 0.1) is 17.9 Å². The number of rotatable bonds is 3. The van der Waals surface area contributed by atoms with Crippen molar-refractivity contribution in [1.29, 1.82) is 0 Å². The van der Waals surface area contributed by atoms with E-state index < -0.39 is 10.0 Å². The fourth-order valence-electron chi connectivity index (χ4n) is 2.54. The predicted octanol–water partition coefficient (Wildman–Crippen LogP) is 2.22.